The summed E-state index contributed by atoms with van der Waals surface area (Å²) in [6.07, 6.45) is 1.40. The monoisotopic (exact) mass is 248 g/mol. The van der Waals surface area contributed by atoms with Crippen LogP contribution in [0, 0.1) is 0 Å². The van der Waals surface area contributed by atoms with E-state index in [2.05, 4.69) is 10.3 Å². The van der Waals surface area contributed by atoms with Crippen LogP contribution < -0.4 is 5.32 Å². The van der Waals surface area contributed by atoms with Gasteiger partial charge in [-0.15, -0.1) is 0 Å². The Hall–Kier alpha value is -2.07. The van der Waals surface area contributed by atoms with E-state index in [-0.39, 0.29) is 11.7 Å². The van der Waals surface area contributed by atoms with E-state index in [1.807, 2.05) is 0 Å². The average molecular weight is 249 g/mol. The molecule has 0 atom stereocenters. The Bertz CT molecular complexity index is 523. The molecule has 0 aliphatic rings. The quantitative estimate of drug-likeness (QED) is 0.634. The second kappa shape index (κ2) is 4.84. The first-order valence-electron chi connectivity index (χ1n) is 4.87. The molecule has 0 saturated heterocycles. The molecule has 0 aliphatic carbocycles. The largest absolute Gasteiger partial charge is 0.508 e. The molecule has 2 N–H and O–H groups in total. The van der Waals surface area contributed by atoms with Crippen molar-refractivity contribution in [1.82, 2.24) is 4.98 Å². The second-order valence-electron chi connectivity index (χ2n) is 3.37. The summed E-state index contributed by atoms with van der Waals surface area (Å²) < 4.78 is 0. The minimum absolute atomic E-state index is 0.149. The fourth-order valence-corrected chi connectivity index (χ4v) is 1.37. The van der Waals surface area contributed by atoms with Gasteiger partial charge in [-0.25, -0.2) is 4.98 Å². The Morgan fingerprint density at radius 2 is 1.88 bits per heavy atom. The van der Waals surface area contributed by atoms with Crippen LogP contribution in [0.2, 0.25) is 5.15 Å². The highest BCUT2D eigenvalue weighted by molar-refractivity contribution is 6.29. The maximum absolute atomic E-state index is 11.8. The Balaban J connectivity index is 2.11. The maximum atomic E-state index is 11.8. The van der Waals surface area contributed by atoms with Gasteiger partial charge in [0.2, 0.25) is 0 Å². The summed E-state index contributed by atoms with van der Waals surface area (Å²) in [5.74, 6) is -0.129. The fourth-order valence-electron chi connectivity index (χ4n) is 1.26. The number of hydrogen-bond donors (Lipinski definition) is 2. The van der Waals surface area contributed by atoms with Gasteiger partial charge in [0.05, 0.1) is 5.56 Å². The number of anilines is 1. The molecule has 0 fully saturated rings. The molecule has 1 aromatic heterocycles. The van der Waals surface area contributed by atoms with Crippen molar-refractivity contribution in [3.63, 3.8) is 0 Å². The molecular weight excluding hydrogens is 240 g/mol. The van der Waals surface area contributed by atoms with Crippen LogP contribution in [-0.2, 0) is 0 Å². The maximum Gasteiger partial charge on any atom is 0.257 e. The van der Waals surface area contributed by atoms with Gasteiger partial charge in [0.25, 0.3) is 5.91 Å². The number of hydrogen-bond acceptors (Lipinski definition) is 3. The van der Waals surface area contributed by atoms with E-state index < -0.39 is 0 Å². The number of aromatic hydroxyl groups is 1. The predicted molar refractivity (Wildman–Crippen MR) is 65.3 cm³/mol. The minimum atomic E-state index is -0.278. The van der Waals surface area contributed by atoms with Crippen LogP contribution in [-0.4, -0.2) is 16.0 Å². The SMILES string of the molecule is O=C(Nc1ccc(O)cc1)c1ccc(Cl)nc1. The zero-order chi connectivity index (χ0) is 12.3. The summed E-state index contributed by atoms with van der Waals surface area (Å²) in [6, 6.07) is 9.34. The molecule has 17 heavy (non-hydrogen) atoms. The number of rotatable bonds is 2. The van der Waals surface area contributed by atoms with Crippen LogP contribution in [0.3, 0.4) is 0 Å². The molecular formula is C12H9ClN2O2. The molecule has 2 rings (SSSR count). The van der Waals surface area contributed by atoms with E-state index in [0.717, 1.165) is 0 Å². The van der Waals surface area contributed by atoms with Crippen molar-refractivity contribution in [3.05, 3.63) is 53.3 Å². The normalized spacial score (nSPS) is 9.94. The molecule has 1 amide bonds. The lowest BCUT2D eigenvalue weighted by atomic mass is 10.2. The van der Waals surface area contributed by atoms with Crippen LogP contribution in [0.25, 0.3) is 0 Å². The van der Waals surface area contributed by atoms with Crippen LogP contribution in [0.1, 0.15) is 10.4 Å². The molecule has 0 unspecified atom stereocenters. The minimum Gasteiger partial charge on any atom is -0.508 e. The summed E-state index contributed by atoms with van der Waals surface area (Å²) in [4.78, 5) is 15.6. The lowest BCUT2D eigenvalue weighted by Crippen LogP contribution is -2.11. The molecule has 2 aromatic rings. The first-order valence-corrected chi connectivity index (χ1v) is 5.25. The van der Waals surface area contributed by atoms with Gasteiger partial charge in [0, 0.05) is 11.9 Å². The summed E-state index contributed by atoms with van der Waals surface area (Å²) in [5.41, 5.74) is 1.02. The van der Waals surface area contributed by atoms with Crippen molar-refractivity contribution in [3.8, 4) is 5.75 Å². The third-order valence-electron chi connectivity index (χ3n) is 2.11. The lowest BCUT2D eigenvalue weighted by Gasteiger charge is -2.04. The molecule has 0 bridgehead atoms. The summed E-state index contributed by atoms with van der Waals surface area (Å²) in [5, 5.41) is 12.1. The average Bonchev–Trinajstić information content (AvgIpc) is 2.33. The standard InChI is InChI=1S/C12H9ClN2O2/c13-11-6-1-8(7-14-11)12(17)15-9-2-4-10(16)5-3-9/h1-7,16H,(H,15,17). The van der Waals surface area contributed by atoms with E-state index in [1.165, 1.54) is 18.3 Å². The summed E-state index contributed by atoms with van der Waals surface area (Å²) in [6.45, 7) is 0. The smallest absolute Gasteiger partial charge is 0.257 e. The Morgan fingerprint density at radius 1 is 1.18 bits per heavy atom. The fraction of sp³-hybridized carbons (Fsp3) is 0. The Labute approximate surface area is 103 Å². The van der Waals surface area contributed by atoms with Gasteiger partial charge in [-0.05, 0) is 36.4 Å². The molecule has 0 saturated carbocycles. The number of carbonyl (C=O) groups is 1. The number of pyridine rings is 1. The van der Waals surface area contributed by atoms with Gasteiger partial charge in [0.15, 0.2) is 0 Å². The van der Waals surface area contributed by atoms with Crippen LogP contribution in [0.5, 0.6) is 5.75 Å². The third-order valence-corrected chi connectivity index (χ3v) is 2.34. The summed E-state index contributed by atoms with van der Waals surface area (Å²) in [7, 11) is 0. The number of amides is 1. The number of halogens is 1. The van der Waals surface area contributed by atoms with Crippen molar-refractivity contribution in [2.45, 2.75) is 0 Å². The Morgan fingerprint density at radius 3 is 2.47 bits per heavy atom. The van der Waals surface area contributed by atoms with E-state index in [9.17, 15) is 4.79 Å². The van der Waals surface area contributed by atoms with Crippen molar-refractivity contribution >= 4 is 23.2 Å². The van der Waals surface area contributed by atoms with Gasteiger partial charge in [-0.2, -0.15) is 0 Å². The van der Waals surface area contributed by atoms with Crippen LogP contribution in [0.4, 0.5) is 5.69 Å². The van der Waals surface area contributed by atoms with E-state index in [4.69, 9.17) is 16.7 Å². The highest BCUT2D eigenvalue weighted by Gasteiger charge is 2.06. The van der Waals surface area contributed by atoms with Crippen LogP contribution in [0.15, 0.2) is 42.6 Å². The van der Waals surface area contributed by atoms with Gasteiger partial charge in [0.1, 0.15) is 10.9 Å². The number of benzene rings is 1. The zero-order valence-corrected chi connectivity index (χ0v) is 9.48. The molecule has 1 heterocycles. The van der Waals surface area contributed by atoms with E-state index >= 15 is 0 Å². The number of nitrogens with one attached hydrogen (secondary N) is 1. The van der Waals surface area contributed by atoms with E-state index in [1.54, 1.807) is 24.3 Å². The van der Waals surface area contributed by atoms with Gasteiger partial charge in [-0.1, -0.05) is 11.6 Å². The van der Waals surface area contributed by atoms with E-state index in [0.29, 0.717) is 16.4 Å². The van der Waals surface area contributed by atoms with Gasteiger partial charge in [-0.3, -0.25) is 4.79 Å². The first kappa shape index (κ1) is 11.4. The highest BCUT2D eigenvalue weighted by Crippen LogP contribution is 2.15. The van der Waals surface area contributed by atoms with Crippen molar-refractivity contribution in [2.24, 2.45) is 0 Å². The number of phenols is 1. The third kappa shape index (κ3) is 2.95. The summed E-state index contributed by atoms with van der Waals surface area (Å²) >= 11 is 5.62. The highest BCUT2D eigenvalue weighted by atomic mass is 35.5. The molecule has 0 aliphatic heterocycles. The molecule has 4 nitrogen and oxygen atoms in total. The van der Waals surface area contributed by atoms with Crippen molar-refractivity contribution < 1.29 is 9.90 Å². The van der Waals surface area contributed by atoms with Crippen molar-refractivity contribution in [1.29, 1.82) is 0 Å². The molecule has 86 valence electrons. The number of phenolic OH excluding ortho intramolecular Hbond substituents is 1. The number of carbonyl (C=O) groups excluding carboxylic acids is 1. The number of nitrogens with zero attached hydrogens (tertiary/aromatic N) is 1. The number of aromatic nitrogens is 1. The zero-order valence-electron chi connectivity index (χ0n) is 8.72. The molecule has 0 radical (unpaired) electrons. The van der Waals surface area contributed by atoms with Gasteiger partial charge < -0.3 is 10.4 Å². The lowest BCUT2D eigenvalue weighted by molar-refractivity contribution is 0.102. The molecule has 1 aromatic carbocycles. The van der Waals surface area contributed by atoms with Crippen molar-refractivity contribution in [2.75, 3.05) is 5.32 Å². The second-order valence-corrected chi connectivity index (χ2v) is 3.76. The molecule has 0 spiro atoms. The first-order chi connectivity index (χ1) is 8.15. The topological polar surface area (TPSA) is 62.2 Å². The molecule has 5 heteroatoms. The van der Waals surface area contributed by atoms with Crippen LogP contribution >= 0.6 is 11.6 Å². The predicted octanol–water partition coefficient (Wildman–Crippen LogP) is 2.69. The van der Waals surface area contributed by atoms with Gasteiger partial charge >= 0.3 is 0 Å². The Kier molecular flexibility index (Phi) is 3.25.